The van der Waals surface area contributed by atoms with E-state index in [2.05, 4.69) is 20.5 Å². The molecule has 1 amide bonds. The van der Waals surface area contributed by atoms with Crippen LogP contribution < -0.4 is 10.6 Å². The van der Waals surface area contributed by atoms with E-state index in [1.165, 1.54) is 6.07 Å². The van der Waals surface area contributed by atoms with Gasteiger partial charge in [0, 0.05) is 18.1 Å². The van der Waals surface area contributed by atoms with Crippen LogP contribution in [0.3, 0.4) is 0 Å². The first kappa shape index (κ1) is 26.0. The zero-order valence-electron chi connectivity index (χ0n) is 19.6. The van der Waals surface area contributed by atoms with Gasteiger partial charge in [-0.15, -0.1) is 0 Å². The minimum absolute atomic E-state index is 0.221. The Bertz CT molecular complexity index is 955. The Morgan fingerprint density at radius 3 is 2.50 bits per heavy atom. The molecule has 2 aromatic rings. The van der Waals surface area contributed by atoms with Crippen molar-refractivity contribution in [1.82, 2.24) is 25.1 Å². The summed E-state index contributed by atoms with van der Waals surface area (Å²) in [5.74, 6) is -0.528. The lowest BCUT2D eigenvalue weighted by Crippen LogP contribution is -2.45. The van der Waals surface area contributed by atoms with Crippen molar-refractivity contribution < 1.29 is 14.0 Å². The van der Waals surface area contributed by atoms with E-state index in [-0.39, 0.29) is 5.69 Å². The van der Waals surface area contributed by atoms with Gasteiger partial charge in [-0.2, -0.15) is 0 Å². The fraction of sp³-hybridized carbons (Fsp3) is 0.522. The number of halogens is 2. The minimum atomic E-state index is -0.661. The zero-order chi connectivity index (χ0) is 24.1. The second-order valence-electron chi connectivity index (χ2n) is 9.05. The number of hydrogen-bond donors (Lipinski definition) is 2. The standard InChI is InChI=1S/C21H26ClFN4O2.C2H7N/c1-21(2,3)17(12-28)24-20(29)18-16-11-26(4)8-5-9-27(16)19(25-18)14-7-6-13(22)10-15(14)23;1-3-2/h6-7,10,12,17H,5,8-9,11H2,1-4H3,(H,24,29);3H,1-2H3. The second-order valence-corrected chi connectivity index (χ2v) is 9.49. The van der Waals surface area contributed by atoms with Crippen LogP contribution in [0.1, 0.15) is 43.4 Å². The van der Waals surface area contributed by atoms with Crippen molar-refractivity contribution >= 4 is 23.8 Å². The molecule has 2 N–H and O–H groups in total. The molecular weight excluding hydrogens is 433 g/mol. The summed E-state index contributed by atoms with van der Waals surface area (Å²) in [4.78, 5) is 31.2. The third-order valence-corrected chi connectivity index (χ3v) is 5.39. The SMILES string of the molecule is CN1CCCn2c(-c3ccc(Cl)cc3F)nc(C(=O)NC(C=O)C(C)(C)C)c2C1.CNC. The summed E-state index contributed by atoms with van der Waals surface area (Å²) >= 11 is 5.89. The highest BCUT2D eigenvalue weighted by Gasteiger charge is 2.31. The molecule has 0 aliphatic carbocycles. The Kier molecular flexibility index (Phi) is 8.95. The fourth-order valence-electron chi connectivity index (χ4n) is 3.44. The monoisotopic (exact) mass is 465 g/mol. The van der Waals surface area contributed by atoms with E-state index in [1.807, 2.05) is 46.5 Å². The summed E-state index contributed by atoms with van der Waals surface area (Å²) in [6, 6.07) is 3.76. The number of carbonyl (C=O) groups is 2. The average molecular weight is 466 g/mol. The van der Waals surface area contributed by atoms with Crippen LogP contribution in [0.2, 0.25) is 5.02 Å². The summed E-state index contributed by atoms with van der Waals surface area (Å²) < 4.78 is 16.5. The lowest BCUT2D eigenvalue weighted by molar-refractivity contribution is -0.111. The Labute approximate surface area is 194 Å². The quantitative estimate of drug-likeness (QED) is 0.677. The molecule has 1 aliphatic rings. The first-order chi connectivity index (χ1) is 15.0. The van der Waals surface area contributed by atoms with Gasteiger partial charge in [-0.25, -0.2) is 9.37 Å². The molecule has 0 saturated carbocycles. The zero-order valence-corrected chi connectivity index (χ0v) is 20.4. The molecule has 9 heteroatoms. The third-order valence-electron chi connectivity index (χ3n) is 5.16. The summed E-state index contributed by atoms with van der Waals surface area (Å²) in [6.07, 6.45) is 1.58. The Morgan fingerprint density at radius 1 is 1.28 bits per heavy atom. The molecular formula is C23H33ClFN5O2. The number of carbonyl (C=O) groups excluding carboxylic acids is 2. The number of imidazole rings is 1. The molecule has 1 aliphatic heterocycles. The van der Waals surface area contributed by atoms with Gasteiger partial charge in [0.2, 0.25) is 0 Å². The first-order valence-electron chi connectivity index (χ1n) is 10.6. The van der Waals surface area contributed by atoms with Crippen LogP contribution in [-0.2, 0) is 17.9 Å². The third kappa shape index (κ3) is 6.15. The number of hydrogen-bond acceptors (Lipinski definition) is 5. The maximum atomic E-state index is 14.6. The van der Waals surface area contributed by atoms with Crippen LogP contribution >= 0.6 is 11.6 Å². The highest BCUT2D eigenvalue weighted by atomic mass is 35.5. The lowest BCUT2D eigenvalue weighted by Gasteiger charge is -2.26. The lowest BCUT2D eigenvalue weighted by atomic mass is 9.87. The van der Waals surface area contributed by atoms with E-state index in [4.69, 9.17) is 11.6 Å². The van der Waals surface area contributed by atoms with Crippen LogP contribution in [0.25, 0.3) is 11.4 Å². The van der Waals surface area contributed by atoms with Crippen molar-refractivity contribution in [3.8, 4) is 11.4 Å². The van der Waals surface area contributed by atoms with Gasteiger partial charge in [0.25, 0.3) is 5.91 Å². The Balaban J connectivity index is 0.00000114. The summed E-state index contributed by atoms with van der Waals surface area (Å²) in [5.41, 5.74) is 0.794. The molecule has 0 saturated heterocycles. The van der Waals surface area contributed by atoms with Gasteiger partial charge in [-0.1, -0.05) is 32.4 Å². The van der Waals surface area contributed by atoms with Gasteiger partial charge >= 0.3 is 0 Å². The van der Waals surface area contributed by atoms with Gasteiger partial charge in [0.15, 0.2) is 5.69 Å². The molecule has 0 radical (unpaired) electrons. The van der Waals surface area contributed by atoms with Gasteiger partial charge in [0.05, 0.1) is 17.3 Å². The van der Waals surface area contributed by atoms with Crippen LogP contribution in [0.4, 0.5) is 4.39 Å². The number of amides is 1. The van der Waals surface area contributed by atoms with Crippen molar-refractivity contribution in [1.29, 1.82) is 0 Å². The van der Waals surface area contributed by atoms with Crippen molar-refractivity contribution in [3.63, 3.8) is 0 Å². The van der Waals surface area contributed by atoms with Crippen LogP contribution in [0, 0.1) is 11.2 Å². The van der Waals surface area contributed by atoms with E-state index < -0.39 is 23.2 Å². The molecule has 7 nitrogen and oxygen atoms in total. The maximum absolute atomic E-state index is 14.6. The van der Waals surface area contributed by atoms with Crippen molar-refractivity contribution in [2.75, 3.05) is 27.7 Å². The van der Waals surface area contributed by atoms with Crippen molar-refractivity contribution in [2.24, 2.45) is 5.41 Å². The molecule has 2 heterocycles. The average Bonchev–Trinajstić information content (AvgIpc) is 2.92. The van der Waals surface area contributed by atoms with E-state index in [1.54, 1.807) is 12.1 Å². The number of aldehydes is 1. The predicted octanol–water partition coefficient (Wildman–Crippen LogP) is 3.36. The molecule has 32 heavy (non-hydrogen) atoms. The minimum Gasteiger partial charge on any atom is -0.341 e. The van der Waals surface area contributed by atoms with E-state index in [0.717, 1.165) is 19.3 Å². The number of nitrogens with one attached hydrogen (secondary N) is 2. The van der Waals surface area contributed by atoms with Crippen molar-refractivity contribution in [3.05, 3.63) is 40.4 Å². The van der Waals surface area contributed by atoms with Gasteiger partial charge < -0.3 is 24.9 Å². The van der Waals surface area contributed by atoms with Crippen LogP contribution in [-0.4, -0.2) is 60.4 Å². The first-order valence-corrected chi connectivity index (χ1v) is 11.0. The summed E-state index contributed by atoms with van der Waals surface area (Å²) in [6.45, 7) is 7.61. The smallest absolute Gasteiger partial charge is 0.272 e. The molecule has 1 unspecified atom stereocenters. The van der Waals surface area contributed by atoms with Gasteiger partial charge in [-0.05, 0) is 57.7 Å². The van der Waals surface area contributed by atoms with Crippen LogP contribution in [0.5, 0.6) is 0 Å². The molecule has 176 valence electrons. The predicted molar refractivity (Wildman–Crippen MR) is 125 cm³/mol. The number of fused-ring (bicyclic) bond motifs is 1. The van der Waals surface area contributed by atoms with E-state index in [0.29, 0.717) is 35.2 Å². The summed E-state index contributed by atoms with van der Waals surface area (Å²) in [7, 11) is 5.72. The fourth-order valence-corrected chi connectivity index (χ4v) is 3.60. The van der Waals surface area contributed by atoms with Crippen molar-refractivity contribution in [2.45, 2.75) is 46.3 Å². The number of nitrogens with zero attached hydrogens (tertiary/aromatic N) is 3. The topological polar surface area (TPSA) is 79.3 Å². The van der Waals surface area contributed by atoms with E-state index in [9.17, 15) is 14.0 Å². The maximum Gasteiger partial charge on any atom is 0.272 e. The molecule has 1 aromatic heterocycles. The molecule has 1 aromatic carbocycles. The normalized spacial score (nSPS) is 15.1. The molecule has 0 fully saturated rings. The summed E-state index contributed by atoms with van der Waals surface area (Å²) in [5, 5.41) is 5.83. The molecule has 3 rings (SSSR count). The van der Waals surface area contributed by atoms with Gasteiger partial charge in [0.1, 0.15) is 17.9 Å². The number of benzene rings is 1. The highest BCUT2D eigenvalue weighted by molar-refractivity contribution is 6.30. The Hall–Kier alpha value is -2.29. The Morgan fingerprint density at radius 2 is 1.94 bits per heavy atom. The molecule has 0 bridgehead atoms. The second kappa shape index (κ2) is 11.0. The van der Waals surface area contributed by atoms with Gasteiger partial charge in [-0.3, -0.25) is 4.79 Å². The number of rotatable bonds is 4. The van der Waals surface area contributed by atoms with Crippen LogP contribution in [0.15, 0.2) is 18.2 Å². The largest absolute Gasteiger partial charge is 0.341 e. The molecule has 0 spiro atoms. The number of aromatic nitrogens is 2. The highest BCUT2D eigenvalue weighted by Crippen LogP contribution is 2.29. The molecule has 1 atom stereocenters. The van der Waals surface area contributed by atoms with E-state index >= 15 is 0 Å².